The first-order chi connectivity index (χ1) is 19.7. The van der Waals surface area contributed by atoms with Gasteiger partial charge in [-0.3, -0.25) is 33.8 Å². The number of likely N-dealkylation sites (N-methyl/N-ethyl adjacent to an activating group) is 1. The van der Waals surface area contributed by atoms with Crippen molar-refractivity contribution in [2.24, 2.45) is 22.4 Å². The summed E-state index contributed by atoms with van der Waals surface area (Å²) in [6.45, 7) is 2.90. The highest BCUT2D eigenvalue weighted by molar-refractivity contribution is 5.99. The molecular weight excluding hydrogens is 550 g/mol. The third kappa shape index (κ3) is 9.94. The van der Waals surface area contributed by atoms with Crippen molar-refractivity contribution in [2.45, 2.75) is 57.8 Å². The average molecular weight is 590 g/mol. The molecule has 1 aromatic carbocycles. The summed E-state index contributed by atoms with van der Waals surface area (Å²) >= 11 is 0. The number of carboxylic acids is 1. The van der Waals surface area contributed by atoms with Crippen LogP contribution in [-0.4, -0.2) is 89.7 Å². The van der Waals surface area contributed by atoms with E-state index >= 15 is 0 Å². The maximum atomic E-state index is 13.6. The van der Waals surface area contributed by atoms with Crippen molar-refractivity contribution in [1.29, 1.82) is 0 Å². The molecule has 0 aliphatic carbocycles. The molecule has 2 rings (SSSR count). The second-order valence-electron chi connectivity index (χ2n) is 10.2. The summed E-state index contributed by atoms with van der Waals surface area (Å²) in [4.78, 5) is 81.9. The summed E-state index contributed by atoms with van der Waals surface area (Å²) in [7, 11) is 1.40. The van der Waals surface area contributed by atoms with Crippen molar-refractivity contribution >= 4 is 47.2 Å². The molecule has 0 radical (unpaired) electrons. The van der Waals surface area contributed by atoms with Gasteiger partial charge >= 0.3 is 5.97 Å². The minimum atomic E-state index is -1.46. The van der Waals surface area contributed by atoms with Crippen molar-refractivity contribution in [2.75, 3.05) is 25.9 Å². The van der Waals surface area contributed by atoms with Gasteiger partial charge in [0.15, 0.2) is 5.96 Å². The Hall–Kier alpha value is -4.89. The zero-order chi connectivity index (χ0) is 31.6. The molecule has 5 amide bonds. The number of benzene rings is 1. The van der Waals surface area contributed by atoms with Crippen LogP contribution >= 0.6 is 0 Å². The van der Waals surface area contributed by atoms with E-state index in [1.165, 1.54) is 30.1 Å². The van der Waals surface area contributed by atoms with Crippen molar-refractivity contribution < 1.29 is 33.9 Å². The van der Waals surface area contributed by atoms with Gasteiger partial charge in [-0.1, -0.05) is 13.8 Å². The van der Waals surface area contributed by atoms with Crippen LogP contribution in [0.2, 0.25) is 0 Å². The molecule has 0 aromatic heterocycles. The van der Waals surface area contributed by atoms with E-state index in [9.17, 15) is 33.9 Å². The van der Waals surface area contributed by atoms with Crippen LogP contribution in [0.4, 0.5) is 5.69 Å². The van der Waals surface area contributed by atoms with Crippen molar-refractivity contribution in [3.05, 3.63) is 29.3 Å². The molecule has 0 spiro atoms. The lowest BCUT2D eigenvalue weighted by Crippen LogP contribution is -2.57. The van der Waals surface area contributed by atoms with E-state index in [4.69, 9.17) is 17.2 Å². The minimum absolute atomic E-state index is 0.105. The molecule has 0 saturated heterocycles. The molecule has 3 atom stereocenters. The van der Waals surface area contributed by atoms with Gasteiger partial charge in [-0.15, -0.1) is 0 Å². The van der Waals surface area contributed by atoms with Crippen molar-refractivity contribution in [3.8, 4) is 0 Å². The molecule has 1 aliphatic heterocycles. The van der Waals surface area contributed by atoms with Crippen molar-refractivity contribution in [1.82, 2.24) is 26.2 Å². The maximum Gasteiger partial charge on any atom is 0.305 e. The number of nitrogens with one attached hydrogen (secondary N) is 4. The van der Waals surface area contributed by atoms with E-state index in [0.29, 0.717) is 12.0 Å². The third-order valence-electron chi connectivity index (χ3n) is 6.46. The third-order valence-corrected chi connectivity index (χ3v) is 6.46. The Labute approximate surface area is 242 Å². The number of hydrogen-bond donors (Lipinski definition) is 8. The Balaban J connectivity index is 2.49. The van der Waals surface area contributed by atoms with Gasteiger partial charge in [0, 0.05) is 31.4 Å². The molecule has 230 valence electrons. The lowest BCUT2D eigenvalue weighted by Gasteiger charge is -2.32. The molecule has 0 saturated carbocycles. The van der Waals surface area contributed by atoms with Crippen LogP contribution < -0.4 is 38.5 Å². The van der Waals surface area contributed by atoms with Gasteiger partial charge < -0.3 is 48.5 Å². The number of fused-ring (bicyclic) bond motifs is 2. The zero-order valence-electron chi connectivity index (χ0n) is 23.8. The number of aliphatic carboxylic acids is 1. The number of guanidine groups is 1. The van der Waals surface area contributed by atoms with E-state index in [2.05, 4.69) is 26.3 Å². The second-order valence-corrected chi connectivity index (χ2v) is 10.2. The summed E-state index contributed by atoms with van der Waals surface area (Å²) < 4.78 is 0. The number of amides is 5. The molecule has 16 nitrogen and oxygen atoms in total. The fourth-order valence-electron chi connectivity index (χ4n) is 4.28. The van der Waals surface area contributed by atoms with Crippen LogP contribution in [0.25, 0.3) is 0 Å². The molecule has 1 heterocycles. The molecule has 42 heavy (non-hydrogen) atoms. The van der Waals surface area contributed by atoms with Crippen molar-refractivity contribution in [3.63, 3.8) is 0 Å². The van der Waals surface area contributed by atoms with Crippen LogP contribution in [-0.2, 0) is 30.5 Å². The van der Waals surface area contributed by atoms with Gasteiger partial charge in [0.1, 0.15) is 18.1 Å². The highest BCUT2D eigenvalue weighted by atomic mass is 16.4. The van der Waals surface area contributed by atoms with E-state index in [1.807, 2.05) is 0 Å². The van der Waals surface area contributed by atoms with E-state index in [-0.39, 0.29) is 42.6 Å². The fraction of sp³-hybridized carbons (Fsp3) is 0.500. The van der Waals surface area contributed by atoms with Crippen LogP contribution in [0.15, 0.2) is 23.2 Å². The summed E-state index contributed by atoms with van der Waals surface area (Å²) in [5, 5.41) is 19.2. The highest BCUT2D eigenvalue weighted by Crippen LogP contribution is 2.16. The summed E-state index contributed by atoms with van der Waals surface area (Å²) in [5.41, 5.74) is 17.5. The van der Waals surface area contributed by atoms with Gasteiger partial charge in [0.2, 0.25) is 23.6 Å². The van der Waals surface area contributed by atoms with Gasteiger partial charge in [-0.25, -0.2) is 0 Å². The first-order valence-electron chi connectivity index (χ1n) is 13.3. The van der Waals surface area contributed by atoms with Gasteiger partial charge in [-0.05, 0) is 42.5 Å². The number of hydrogen-bond acceptors (Lipinski definition) is 8. The summed E-state index contributed by atoms with van der Waals surface area (Å²) in [6.07, 6.45) is -0.323. The number of aliphatic imine (C=N–C) groups is 1. The Morgan fingerprint density at radius 1 is 1.05 bits per heavy atom. The number of anilines is 1. The Bertz CT molecular complexity index is 1230. The molecule has 1 unspecified atom stereocenters. The number of nitrogen functional groups attached to an aromatic ring is 1. The Morgan fingerprint density at radius 3 is 2.33 bits per heavy atom. The lowest BCUT2D eigenvalue weighted by molar-refractivity contribution is -0.142. The Morgan fingerprint density at radius 2 is 1.71 bits per heavy atom. The summed E-state index contributed by atoms with van der Waals surface area (Å²) in [6, 6.07) is 0.805. The molecule has 16 heteroatoms. The molecule has 1 aromatic rings. The van der Waals surface area contributed by atoms with E-state index < -0.39 is 66.6 Å². The SMILES string of the molecule is CC(C)C1NC(=O)c2cc(N)cc(c2)CNC(=O)[C@H](CC(=O)O)NC(=O)CNC(=O)[C@H](CCCN=C(N)N)N(C)C1=O. The molecule has 2 bridgehead atoms. The number of nitrogens with zero attached hydrogens (tertiary/aromatic N) is 2. The predicted molar refractivity (Wildman–Crippen MR) is 152 cm³/mol. The Kier molecular flexibility index (Phi) is 12.1. The molecule has 11 N–H and O–H groups in total. The van der Waals surface area contributed by atoms with E-state index in [1.54, 1.807) is 13.8 Å². The quantitative estimate of drug-likeness (QED) is 0.0723. The zero-order valence-corrected chi connectivity index (χ0v) is 23.8. The van der Waals surface area contributed by atoms with Gasteiger partial charge in [0.05, 0.1) is 13.0 Å². The fourth-order valence-corrected chi connectivity index (χ4v) is 4.28. The molecule has 0 fully saturated rings. The average Bonchev–Trinajstić information content (AvgIpc) is 2.90. The maximum absolute atomic E-state index is 13.6. The predicted octanol–water partition coefficient (Wildman–Crippen LogP) is -2.39. The largest absolute Gasteiger partial charge is 0.481 e. The number of nitrogens with two attached hydrogens (primary N) is 3. The second kappa shape index (κ2) is 15.2. The van der Waals surface area contributed by atoms with Gasteiger partial charge in [0.25, 0.3) is 5.91 Å². The monoisotopic (exact) mass is 589 g/mol. The standard InChI is InChI=1S/C26H39N9O7/c1-13(2)21-25(42)35(3)18(5-4-6-30-26(28)29)24(41)32-12-19(36)33-17(10-20(37)38)23(40)31-11-14-7-15(22(39)34-21)9-16(27)8-14/h7-9,13,17-18,21H,4-6,10-12,27H2,1-3H3,(H,31,40)(H,32,41)(H,33,36)(H,34,39)(H,37,38)(H4,28,29,30)/t17-,18-,21?/m0/s1. The van der Waals surface area contributed by atoms with Crippen LogP contribution in [0.1, 0.15) is 49.0 Å². The number of carbonyl (C=O) groups is 6. The number of rotatable bonds is 7. The first-order valence-corrected chi connectivity index (χ1v) is 13.3. The molecular formula is C26H39N9O7. The van der Waals surface area contributed by atoms with Gasteiger partial charge in [-0.2, -0.15) is 0 Å². The van der Waals surface area contributed by atoms with Crippen LogP contribution in [0.3, 0.4) is 0 Å². The lowest BCUT2D eigenvalue weighted by atomic mass is 9.99. The minimum Gasteiger partial charge on any atom is -0.481 e. The van der Waals surface area contributed by atoms with E-state index in [0.717, 1.165) is 0 Å². The topological polar surface area (TPSA) is 264 Å². The normalized spacial score (nSPS) is 20.9. The number of carbonyl (C=O) groups excluding carboxylic acids is 5. The first kappa shape index (κ1) is 33.3. The van der Waals surface area contributed by atoms with Crippen LogP contribution in [0.5, 0.6) is 0 Å². The smallest absolute Gasteiger partial charge is 0.305 e. The number of carboxylic acid groups (broad SMARTS) is 1. The molecule has 1 aliphatic rings. The van der Waals surface area contributed by atoms with Crippen LogP contribution in [0, 0.1) is 5.92 Å². The highest BCUT2D eigenvalue weighted by Gasteiger charge is 2.34. The summed E-state index contributed by atoms with van der Waals surface area (Å²) in [5.74, 6) is -5.34.